The van der Waals surface area contributed by atoms with Crippen LogP contribution in [-0.4, -0.2) is 13.1 Å². The quantitative estimate of drug-likeness (QED) is 0.738. The second-order valence-corrected chi connectivity index (χ2v) is 6.02. The normalized spacial score (nSPS) is 15.4. The Labute approximate surface area is 147 Å². The Balaban J connectivity index is 0.00000169. The highest BCUT2D eigenvalue weighted by molar-refractivity contribution is 5.85. The molecule has 0 bridgehead atoms. The molecule has 0 aliphatic carbocycles. The van der Waals surface area contributed by atoms with Crippen molar-refractivity contribution in [3.8, 4) is 5.75 Å². The molecule has 1 fully saturated rings. The summed E-state index contributed by atoms with van der Waals surface area (Å²) in [4.78, 5) is 0. The minimum atomic E-state index is -0.272. The number of hydrogen-bond acceptors (Lipinski definition) is 2. The molecule has 3 aromatic carbocycles. The summed E-state index contributed by atoms with van der Waals surface area (Å²) < 4.78 is 19.6. The zero-order valence-electron chi connectivity index (χ0n) is 13.1. The molecule has 1 unspecified atom stereocenters. The van der Waals surface area contributed by atoms with Gasteiger partial charge in [-0.2, -0.15) is 0 Å². The van der Waals surface area contributed by atoms with Crippen molar-refractivity contribution in [3.05, 3.63) is 78.1 Å². The minimum Gasteiger partial charge on any atom is -0.485 e. The molecule has 1 heterocycles. The molecule has 0 saturated carbocycles. The Hall–Kier alpha value is -2.10. The van der Waals surface area contributed by atoms with Crippen molar-refractivity contribution >= 4 is 23.2 Å². The van der Waals surface area contributed by atoms with Gasteiger partial charge in [-0.25, -0.2) is 4.39 Å². The summed E-state index contributed by atoms with van der Waals surface area (Å²) in [6.07, 6.45) is -0.0670. The number of nitrogens with one attached hydrogen (secondary N) is 1. The molecule has 1 saturated heterocycles. The number of benzene rings is 3. The fraction of sp³-hybridized carbons (Fsp3) is 0.200. The highest BCUT2D eigenvalue weighted by atomic mass is 35.5. The number of ether oxygens (including phenoxy) is 1. The maximum absolute atomic E-state index is 13.4. The standard InChI is InChI=1S/C20H18FNO.ClH/c21-18-6-3-7-19(11-18)23-20(17-12-22-13-17)16-9-8-14-4-1-2-5-15(14)10-16;/h1-11,17,20,22H,12-13H2;1H. The van der Waals surface area contributed by atoms with E-state index in [-0.39, 0.29) is 24.3 Å². The van der Waals surface area contributed by atoms with Crippen LogP contribution in [0.2, 0.25) is 0 Å². The third-order valence-electron chi connectivity index (χ3n) is 4.40. The molecule has 3 aromatic rings. The summed E-state index contributed by atoms with van der Waals surface area (Å²) >= 11 is 0. The lowest BCUT2D eigenvalue weighted by Gasteiger charge is -2.35. The van der Waals surface area contributed by atoms with Crippen molar-refractivity contribution in [2.24, 2.45) is 5.92 Å². The minimum absolute atomic E-state index is 0. The highest BCUT2D eigenvalue weighted by Crippen LogP contribution is 2.32. The first-order valence-electron chi connectivity index (χ1n) is 7.91. The highest BCUT2D eigenvalue weighted by Gasteiger charge is 2.30. The monoisotopic (exact) mass is 343 g/mol. The lowest BCUT2D eigenvalue weighted by Crippen LogP contribution is -2.46. The van der Waals surface area contributed by atoms with Gasteiger partial charge in [0.1, 0.15) is 17.7 Å². The molecular weight excluding hydrogens is 325 g/mol. The van der Waals surface area contributed by atoms with E-state index in [2.05, 4.69) is 35.6 Å². The first kappa shape index (κ1) is 16.7. The molecular formula is C20H19ClFNO. The summed E-state index contributed by atoms with van der Waals surface area (Å²) in [6, 6.07) is 21.1. The average Bonchev–Trinajstić information content (AvgIpc) is 2.52. The smallest absolute Gasteiger partial charge is 0.129 e. The van der Waals surface area contributed by atoms with E-state index in [9.17, 15) is 4.39 Å². The maximum Gasteiger partial charge on any atom is 0.129 e. The van der Waals surface area contributed by atoms with E-state index < -0.39 is 0 Å². The van der Waals surface area contributed by atoms with E-state index in [4.69, 9.17) is 4.74 Å². The van der Waals surface area contributed by atoms with Gasteiger partial charge < -0.3 is 10.1 Å². The molecule has 4 rings (SSSR count). The molecule has 4 heteroatoms. The zero-order valence-corrected chi connectivity index (χ0v) is 13.9. The van der Waals surface area contributed by atoms with Crippen molar-refractivity contribution in [1.82, 2.24) is 5.32 Å². The lowest BCUT2D eigenvalue weighted by atomic mass is 9.89. The Morgan fingerprint density at radius 3 is 2.42 bits per heavy atom. The van der Waals surface area contributed by atoms with Crippen LogP contribution in [0.25, 0.3) is 10.8 Å². The molecule has 0 amide bonds. The van der Waals surface area contributed by atoms with Crippen molar-refractivity contribution in [2.45, 2.75) is 6.10 Å². The molecule has 24 heavy (non-hydrogen) atoms. The number of hydrogen-bond donors (Lipinski definition) is 1. The predicted octanol–water partition coefficient (Wildman–Crippen LogP) is 4.74. The lowest BCUT2D eigenvalue weighted by molar-refractivity contribution is 0.0991. The van der Waals surface area contributed by atoms with Gasteiger partial charge in [-0.1, -0.05) is 42.5 Å². The molecule has 1 aliphatic heterocycles. The average molecular weight is 344 g/mol. The second kappa shape index (κ2) is 7.20. The van der Waals surface area contributed by atoms with Gasteiger partial charge in [0, 0.05) is 25.1 Å². The van der Waals surface area contributed by atoms with Crippen LogP contribution in [0.15, 0.2) is 66.7 Å². The van der Waals surface area contributed by atoms with Crippen molar-refractivity contribution in [3.63, 3.8) is 0 Å². The molecule has 1 N–H and O–H groups in total. The third kappa shape index (κ3) is 3.37. The maximum atomic E-state index is 13.4. The van der Waals surface area contributed by atoms with Crippen LogP contribution in [-0.2, 0) is 0 Å². The molecule has 124 valence electrons. The van der Waals surface area contributed by atoms with E-state index in [0.717, 1.165) is 18.7 Å². The van der Waals surface area contributed by atoms with Gasteiger partial charge >= 0.3 is 0 Å². The molecule has 0 spiro atoms. The van der Waals surface area contributed by atoms with Crippen LogP contribution >= 0.6 is 12.4 Å². The molecule has 2 nitrogen and oxygen atoms in total. The Kier molecular flexibility index (Phi) is 5.03. The first-order valence-corrected chi connectivity index (χ1v) is 7.91. The van der Waals surface area contributed by atoms with Crippen LogP contribution < -0.4 is 10.1 Å². The van der Waals surface area contributed by atoms with Gasteiger partial charge in [-0.05, 0) is 34.5 Å². The SMILES string of the molecule is Cl.Fc1cccc(OC(c2ccc3ccccc3c2)C2CNC2)c1. The van der Waals surface area contributed by atoms with E-state index in [1.165, 1.54) is 22.9 Å². The van der Waals surface area contributed by atoms with Gasteiger partial charge in [-0.3, -0.25) is 0 Å². The Morgan fingerprint density at radius 1 is 0.917 bits per heavy atom. The van der Waals surface area contributed by atoms with E-state index in [0.29, 0.717) is 11.7 Å². The number of halogens is 2. The summed E-state index contributed by atoms with van der Waals surface area (Å²) in [5.74, 6) is 0.709. The van der Waals surface area contributed by atoms with Gasteiger partial charge in [0.15, 0.2) is 0 Å². The van der Waals surface area contributed by atoms with Gasteiger partial charge in [0.05, 0.1) is 0 Å². The van der Waals surface area contributed by atoms with E-state index in [1.807, 2.05) is 18.2 Å². The fourth-order valence-electron chi connectivity index (χ4n) is 3.03. The van der Waals surface area contributed by atoms with Crippen LogP contribution in [0.4, 0.5) is 4.39 Å². The van der Waals surface area contributed by atoms with Crippen LogP contribution in [0.1, 0.15) is 11.7 Å². The largest absolute Gasteiger partial charge is 0.485 e. The van der Waals surface area contributed by atoms with Crippen LogP contribution in [0.3, 0.4) is 0 Å². The summed E-state index contributed by atoms with van der Waals surface area (Å²) in [5, 5.41) is 5.71. The van der Waals surface area contributed by atoms with Gasteiger partial charge in [0.25, 0.3) is 0 Å². The van der Waals surface area contributed by atoms with E-state index in [1.54, 1.807) is 6.07 Å². The molecule has 1 aliphatic rings. The van der Waals surface area contributed by atoms with Crippen molar-refractivity contribution < 1.29 is 9.13 Å². The Bertz CT molecular complexity index is 834. The predicted molar refractivity (Wildman–Crippen MR) is 97.3 cm³/mol. The Morgan fingerprint density at radius 2 is 1.71 bits per heavy atom. The topological polar surface area (TPSA) is 21.3 Å². The number of rotatable bonds is 4. The summed E-state index contributed by atoms with van der Waals surface area (Å²) in [6.45, 7) is 1.85. The van der Waals surface area contributed by atoms with Crippen LogP contribution in [0.5, 0.6) is 5.75 Å². The van der Waals surface area contributed by atoms with Crippen molar-refractivity contribution in [1.29, 1.82) is 0 Å². The van der Waals surface area contributed by atoms with Crippen LogP contribution in [0, 0.1) is 11.7 Å². The van der Waals surface area contributed by atoms with E-state index >= 15 is 0 Å². The first-order chi connectivity index (χ1) is 11.3. The van der Waals surface area contributed by atoms with Gasteiger partial charge in [-0.15, -0.1) is 12.4 Å². The number of fused-ring (bicyclic) bond motifs is 1. The zero-order chi connectivity index (χ0) is 15.6. The van der Waals surface area contributed by atoms with Crippen molar-refractivity contribution in [2.75, 3.05) is 13.1 Å². The molecule has 0 aromatic heterocycles. The summed E-state index contributed by atoms with van der Waals surface area (Å²) in [5.41, 5.74) is 1.14. The van der Waals surface area contributed by atoms with Gasteiger partial charge in [0.2, 0.25) is 0 Å². The summed E-state index contributed by atoms with van der Waals surface area (Å²) in [7, 11) is 0. The molecule has 0 radical (unpaired) electrons. The fourth-order valence-corrected chi connectivity index (χ4v) is 3.03. The second-order valence-electron chi connectivity index (χ2n) is 6.02. The third-order valence-corrected chi connectivity index (χ3v) is 4.40. The molecule has 1 atom stereocenters.